The molecule has 0 spiro atoms. The molecule has 0 saturated heterocycles. The van der Waals surface area contributed by atoms with Crippen LogP contribution in [0.15, 0.2) is 121 Å². The van der Waals surface area contributed by atoms with E-state index >= 15 is 0 Å². The van der Waals surface area contributed by atoms with E-state index in [0.29, 0.717) is 28.1 Å². The van der Waals surface area contributed by atoms with Gasteiger partial charge in [-0.25, -0.2) is 0 Å². The predicted molar refractivity (Wildman–Crippen MR) is 165 cm³/mol. The van der Waals surface area contributed by atoms with Gasteiger partial charge in [-0.1, -0.05) is 121 Å². The maximum absolute atomic E-state index is 11.5. The van der Waals surface area contributed by atoms with Gasteiger partial charge >= 0.3 is 0 Å². The van der Waals surface area contributed by atoms with E-state index in [1.54, 1.807) is 0 Å². The van der Waals surface area contributed by atoms with E-state index in [4.69, 9.17) is 11.5 Å². The van der Waals surface area contributed by atoms with Gasteiger partial charge in [0.2, 0.25) is 0 Å². The van der Waals surface area contributed by atoms with Crippen LogP contribution in [0.1, 0.15) is 0 Å². The molecule has 1 aliphatic rings. The van der Waals surface area contributed by atoms with Crippen molar-refractivity contribution in [3.8, 4) is 78.3 Å². The lowest BCUT2D eigenvalue weighted by Gasteiger charge is -2.36. The van der Waals surface area contributed by atoms with Crippen LogP contribution in [0, 0.1) is 0 Å². The van der Waals surface area contributed by atoms with Crippen LogP contribution in [0.3, 0.4) is 0 Å². The number of rotatable bonds is 4. The molecule has 4 heteroatoms. The third kappa shape index (κ3) is 3.33. The molecule has 6 aromatic carbocycles. The summed E-state index contributed by atoms with van der Waals surface area (Å²) in [4.78, 5) is 0. The number of anilines is 2. The molecule has 6 N–H and O–H groups in total. The van der Waals surface area contributed by atoms with Gasteiger partial charge in [0, 0.05) is 44.5 Å². The number of phenols is 2. The van der Waals surface area contributed by atoms with Crippen molar-refractivity contribution in [2.45, 2.75) is 0 Å². The van der Waals surface area contributed by atoms with Crippen molar-refractivity contribution in [2.24, 2.45) is 0 Å². The van der Waals surface area contributed by atoms with Gasteiger partial charge in [-0.3, -0.25) is 0 Å². The standard InChI is InChI=1S/C36H26N2O2/c37-33-27(23-17-9-3-10-18-23)25(21-13-5-1-6-14-21)29-30-26(22-15-7-2-8-16-22)28(24-19-11-4-12-20-24)35(39)36(40)32(30)31(29)34(33)38/h1-20,39-40H,37-38H2. The lowest BCUT2D eigenvalue weighted by Crippen LogP contribution is -2.12. The fourth-order valence-corrected chi connectivity index (χ4v) is 6.03. The van der Waals surface area contributed by atoms with Crippen LogP contribution in [0.2, 0.25) is 0 Å². The van der Waals surface area contributed by atoms with E-state index in [2.05, 4.69) is 12.1 Å². The number of fused-ring (bicyclic) bond motifs is 4. The summed E-state index contributed by atoms with van der Waals surface area (Å²) < 4.78 is 0. The van der Waals surface area contributed by atoms with E-state index in [0.717, 1.165) is 50.1 Å². The lowest BCUT2D eigenvalue weighted by molar-refractivity contribution is 0.406. The zero-order chi connectivity index (χ0) is 27.4. The summed E-state index contributed by atoms with van der Waals surface area (Å²) in [6, 6.07) is 39.8. The smallest absolute Gasteiger partial charge is 0.166 e. The molecule has 0 aromatic heterocycles. The van der Waals surface area contributed by atoms with Crippen molar-refractivity contribution < 1.29 is 10.2 Å². The van der Waals surface area contributed by atoms with Gasteiger partial charge in [-0.05, 0) is 22.3 Å². The predicted octanol–water partition coefficient (Wildman–Crippen LogP) is 8.58. The molecule has 0 fully saturated rings. The summed E-state index contributed by atoms with van der Waals surface area (Å²) in [7, 11) is 0. The van der Waals surface area contributed by atoms with Crippen molar-refractivity contribution in [1.82, 2.24) is 0 Å². The first-order valence-corrected chi connectivity index (χ1v) is 13.2. The molecule has 6 aromatic rings. The molecular weight excluding hydrogens is 492 g/mol. The van der Waals surface area contributed by atoms with Crippen molar-refractivity contribution in [1.29, 1.82) is 0 Å². The van der Waals surface area contributed by atoms with E-state index in [1.807, 2.05) is 109 Å². The Balaban J connectivity index is 1.68. The number of phenolic OH excluding ortho intramolecular Hbond substituents is 2. The quantitative estimate of drug-likeness (QED) is 0.139. The fraction of sp³-hybridized carbons (Fsp3) is 0. The SMILES string of the molecule is Nc1c(N)c2c(c(-c3ccccc3)c1-c1ccccc1)-c1c-2c(O)c(O)c(-c2ccccc2)c1-c1ccccc1. The van der Waals surface area contributed by atoms with Gasteiger partial charge in [0.1, 0.15) is 0 Å². The van der Waals surface area contributed by atoms with E-state index in [-0.39, 0.29) is 11.5 Å². The zero-order valence-electron chi connectivity index (χ0n) is 21.6. The molecule has 1 aliphatic carbocycles. The number of nitrogen functional groups attached to an aromatic ring is 2. The minimum absolute atomic E-state index is 0.180. The second-order valence-corrected chi connectivity index (χ2v) is 9.99. The third-order valence-electron chi connectivity index (χ3n) is 7.78. The van der Waals surface area contributed by atoms with Crippen LogP contribution in [0.25, 0.3) is 66.8 Å². The number of hydrogen-bond acceptors (Lipinski definition) is 4. The van der Waals surface area contributed by atoms with Crippen molar-refractivity contribution >= 4 is 11.4 Å². The first-order valence-electron chi connectivity index (χ1n) is 13.2. The molecule has 0 aliphatic heterocycles. The highest BCUT2D eigenvalue weighted by molar-refractivity contribution is 6.26. The Kier molecular flexibility index (Phi) is 5.36. The molecule has 40 heavy (non-hydrogen) atoms. The Morgan fingerprint density at radius 3 is 1.05 bits per heavy atom. The lowest BCUT2D eigenvalue weighted by atomic mass is 9.68. The number of aromatic hydroxyl groups is 2. The topological polar surface area (TPSA) is 92.5 Å². The highest BCUT2D eigenvalue weighted by Crippen LogP contribution is 2.67. The van der Waals surface area contributed by atoms with Gasteiger partial charge in [0.25, 0.3) is 0 Å². The average molecular weight is 519 g/mol. The molecule has 0 radical (unpaired) electrons. The van der Waals surface area contributed by atoms with E-state index in [1.165, 1.54) is 0 Å². The minimum atomic E-state index is -0.196. The molecule has 7 rings (SSSR count). The highest BCUT2D eigenvalue weighted by atomic mass is 16.3. The summed E-state index contributed by atoms with van der Waals surface area (Å²) in [6.07, 6.45) is 0. The first kappa shape index (κ1) is 23.6. The van der Waals surface area contributed by atoms with Gasteiger partial charge in [-0.15, -0.1) is 0 Å². The molecule has 0 bridgehead atoms. The Morgan fingerprint density at radius 2 is 0.600 bits per heavy atom. The molecule has 0 atom stereocenters. The monoisotopic (exact) mass is 518 g/mol. The maximum atomic E-state index is 11.5. The van der Waals surface area contributed by atoms with Gasteiger partial charge in [0.15, 0.2) is 11.5 Å². The fourth-order valence-electron chi connectivity index (χ4n) is 6.03. The van der Waals surface area contributed by atoms with Crippen molar-refractivity contribution in [3.05, 3.63) is 121 Å². The Bertz CT molecular complexity index is 1760. The molecule has 0 unspecified atom stereocenters. The Labute approximate surface area is 232 Å². The Morgan fingerprint density at radius 1 is 0.300 bits per heavy atom. The van der Waals surface area contributed by atoms with Crippen LogP contribution in [0.5, 0.6) is 11.5 Å². The highest BCUT2D eigenvalue weighted by Gasteiger charge is 2.40. The minimum Gasteiger partial charge on any atom is -0.504 e. The van der Waals surface area contributed by atoms with Crippen LogP contribution < -0.4 is 11.5 Å². The molecule has 192 valence electrons. The Hall–Kier alpha value is -5.48. The third-order valence-corrected chi connectivity index (χ3v) is 7.78. The normalized spacial score (nSPS) is 11.4. The summed E-state index contributed by atoms with van der Waals surface area (Å²) in [5.74, 6) is -0.376. The van der Waals surface area contributed by atoms with E-state index in [9.17, 15) is 10.2 Å². The molecule has 4 nitrogen and oxygen atoms in total. The van der Waals surface area contributed by atoms with Crippen molar-refractivity contribution in [2.75, 3.05) is 11.5 Å². The largest absolute Gasteiger partial charge is 0.504 e. The maximum Gasteiger partial charge on any atom is 0.166 e. The van der Waals surface area contributed by atoms with Crippen LogP contribution in [-0.2, 0) is 0 Å². The van der Waals surface area contributed by atoms with Crippen LogP contribution in [-0.4, -0.2) is 10.2 Å². The molecule has 0 saturated carbocycles. The van der Waals surface area contributed by atoms with Gasteiger partial charge < -0.3 is 21.7 Å². The summed E-state index contributed by atoms with van der Waals surface area (Å²) in [5.41, 5.74) is 24.2. The van der Waals surface area contributed by atoms with Crippen LogP contribution in [0.4, 0.5) is 11.4 Å². The molecular formula is C36H26N2O2. The summed E-state index contributed by atoms with van der Waals surface area (Å²) >= 11 is 0. The number of benzene rings is 6. The summed E-state index contributed by atoms with van der Waals surface area (Å²) in [6.45, 7) is 0. The second-order valence-electron chi connectivity index (χ2n) is 9.99. The second kappa shape index (κ2) is 9.07. The van der Waals surface area contributed by atoms with E-state index < -0.39 is 0 Å². The number of hydrogen-bond donors (Lipinski definition) is 4. The molecule has 0 amide bonds. The van der Waals surface area contributed by atoms with Gasteiger partial charge in [0.05, 0.1) is 11.4 Å². The van der Waals surface area contributed by atoms with Crippen LogP contribution >= 0.6 is 0 Å². The van der Waals surface area contributed by atoms with Gasteiger partial charge in [-0.2, -0.15) is 0 Å². The number of nitrogens with two attached hydrogens (primary N) is 2. The average Bonchev–Trinajstić information content (AvgIpc) is 3.00. The zero-order valence-corrected chi connectivity index (χ0v) is 21.6. The first-order chi connectivity index (χ1) is 19.6. The molecule has 0 heterocycles. The van der Waals surface area contributed by atoms with Crippen molar-refractivity contribution in [3.63, 3.8) is 0 Å². The summed E-state index contributed by atoms with van der Waals surface area (Å²) in [5, 5.41) is 23.0.